The molecule has 0 spiro atoms. The van der Waals surface area contributed by atoms with Gasteiger partial charge in [0.25, 0.3) is 0 Å². The minimum Gasteiger partial charge on any atom is -0.481 e. The number of carboxylic acid groups (broad SMARTS) is 1. The number of fused-ring (bicyclic) bond motifs is 7. The van der Waals surface area contributed by atoms with Gasteiger partial charge in [-0.3, -0.25) is 9.59 Å². The van der Waals surface area contributed by atoms with Crippen molar-refractivity contribution in [2.24, 2.45) is 62.1 Å². The molecule has 56 heavy (non-hydrogen) atoms. The van der Waals surface area contributed by atoms with E-state index < -0.39 is 27.9 Å². The molecule has 1 N–H and O–H groups in total. The number of rotatable bonds is 10. The second-order valence-corrected chi connectivity index (χ2v) is 23.8. The topological polar surface area (TPSA) is 95.0 Å². The average molecular weight is 797 g/mol. The Morgan fingerprint density at radius 1 is 0.911 bits per heavy atom. The van der Waals surface area contributed by atoms with Crippen LogP contribution in [0.3, 0.4) is 0 Å². The Hall–Kier alpha value is -2.00. The molecule has 5 fully saturated rings. The van der Waals surface area contributed by atoms with Gasteiger partial charge in [0.05, 0.1) is 16.9 Å². The van der Waals surface area contributed by atoms with E-state index in [1.165, 1.54) is 48.8 Å². The van der Waals surface area contributed by atoms with Crippen LogP contribution in [0.1, 0.15) is 132 Å². The number of halogens is 1. The molecule has 0 bridgehead atoms. The Labute approximate surface area is 338 Å². The lowest BCUT2D eigenvalue weighted by Crippen LogP contribution is -2.66. The predicted molar refractivity (Wildman–Crippen MR) is 222 cm³/mol. The molecule has 314 valence electrons. The summed E-state index contributed by atoms with van der Waals surface area (Å²) in [6.07, 6.45) is 17.3. The van der Waals surface area contributed by atoms with Crippen molar-refractivity contribution in [1.29, 1.82) is 0 Å². The lowest BCUT2D eigenvalue weighted by atomic mass is 9.32. The molecule has 1 aliphatic heterocycles. The van der Waals surface area contributed by atoms with E-state index >= 15 is 0 Å². The van der Waals surface area contributed by atoms with Gasteiger partial charge in [-0.25, -0.2) is 12.8 Å². The SMILES string of the molecule is C=C(C)[C@@H]1CC[C@]2(CN(CCCN3CCS(=O)(=O)CC3)C(C)=O)CC[C@]3(C)[C@H](CC[C@@H]4C5(C)CC=C(C6=CC[C@@](CF)(C(=O)O)CC6)C(C)(C)[C@@H]5CC[C@]43C)[C@@H]12. The molecule has 1 unspecified atom stereocenters. The third-order valence-electron chi connectivity index (χ3n) is 18.8. The molecule has 0 radical (unpaired) electrons. The fraction of sp³-hybridized carbons (Fsp3) is 0.830. The minimum atomic E-state index is -2.91. The van der Waals surface area contributed by atoms with E-state index in [-0.39, 0.29) is 50.9 Å². The normalized spacial score (nSPS) is 42.9. The van der Waals surface area contributed by atoms with Crippen LogP contribution >= 0.6 is 0 Å². The fourth-order valence-electron chi connectivity index (χ4n) is 15.4. The molecule has 1 heterocycles. The largest absolute Gasteiger partial charge is 0.481 e. The van der Waals surface area contributed by atoms with Crippen molar-refractivity contribution >= 4 is 21.7 Å². The quantitative estimate of drug-likeness (QED) is 0.222. The zero-order chi connectivity index (χ0) is 40.7. The van der Waals surface area contributed by atoms with E-state index in [2.05, 4.69) is 70.1 Å². The number of allylic oxidation sites excluding steroid dienone is 5. The van der Waals surface area contributed by atoms with Crippen LogP contribution in [-0.2, 0) is 19.4 Å². The molecule has 1 amide bonds. The fourth-order valence-corrected chi connectivity index (χ4v) is 16.7. The Morgan fingerprint density at radius 2 is 1.62 bits per heavy atom. The summed E-state index contributed by atoms with van der Waals surface area (Å²) < 4.78 is 38.0. The number of sulfone groups is 1. The van der Waals surface area contributed by atoms with Crippen molar-refractivity contribution < 1.29 is 27.5 Å². The van der Waals surface area contributed by atoms with E-state index in [1.807, 2.05) is 0 Å². The third kappa shape index (κ3) is 6.61. The number of carboxylic acids is 1. The monoisotopic (exact) mass is 797 g/mol. The molecule has 7 aliphatic rings. The number of alkyl halides is 1. The number of hydrogen-bond acceptors (Lipinski definition) is 5. The summed E-state index contributed by atoms with van der Waals surface area (Å²) in [4.78, 5) is 29.8. The van der Waals surface area contributed by atoms with Gasteiger partial charge in [-0.15, -0.1) is 0 Å². The molecule has 9 heteroatoms. The minimum absolute atomic E-state index is 0.0447. The first-order valence-corrected chi connectivity index (χ1v) is 24.0. The van der Waals surface area contributed by atoms with Gasteiger partial charge in [-0.2, -0.15) is 0 Å². The lowest BCUT2D eigenvalue weighted by molar-refractivity contribution is -0.228. The van der Waals surface area contributed by atoms with Gasteiger partial charge in [0.1, 0.15) is 6.67 Å². The molecular weight excluding hydrogens is 724 g/mol. The predicted octanol–water partition coefficient (Wildman–Crippen LogP) is 9.30. The van der Waals surface area contributed by atoms with Crippen molar-refractivity contribution in [3.05, 3.63) is 35.5 Å². The number of aliphatic carboxylic acids is 1. The summed E-state index contributed by atoms with van der Waals surface area (Å²) in [5.74, 6) is 2.35. The first-order chi connectivity index (χ1) is 26.2. The Kier molecular flexibility index (Phi) is 11.0. The molecule has 7 nitrogen and oxygen atoms in total. The van der Waals surface area contributed by atoms with Crippen LogP contribution < -0.4 is 0 Å². The number of carbonyl (C=O) groups is 2. The summed E-state index contributed by atoms with van der Waals surface area (Å²) in [6, 6.07) is 0. The van der Waals surface area contributed by atoms with Crippen molar-refractivity contribution in [3.8, 4) is 0 Å². The highest BCUT2D eigenvalue weighted by molar-refractivity contribution is 7.91. The van der Waals surface area contributed by atoms with Crippen LogP contribution in [-0.4, -0.2) is 86.1 Å². The highest BCUT2D eigenvalue weighted by atomic mass is 32.2. The molecule has 10 atom stereocenters. The van der Waals surface area contributed by atoms with E-state index in [9.17, 15) is 27.5 Å². The molecule has 0 aromatic rings. The van der Waals surface area contributed by atoms with Gasteiger partial charge in [-0.05, 0) is 165 Å². The summed E-state index contributed by atoms with van der Waals surface area (Å²) in [5.41, 5.74) is 3.29. The van der Waals surface area contributed by atoms with Crippen LogP contribution in [0, 0.1) is 62.1 Å². The highest BCUT2D eigenvalue weighted by Gasteiger charge is 2.70. The average Bonchev–Trinajstić information content (AvgIpc) is 3.52. The van der Waals surface area contributed by atoms with Crippen LogP contribution in [0.25, 0.3) is 0 Å². The molecule has 4 saturated carbocycles. The summed E-state index contributed by atoms with van der Waals surface area (Å²) in [6.45, 7) is 24.2. The van der Waals surface area contributed by atoms with Gasteiger partial charge in [-0.1, -0.05) is 58.9 Å². The Balaban J connectivity index is 1.12. The summed E-state index contributed by atoms with van der Waals surface area (Å²) in [5, 5.41) is 9.85. The van der Waals surface area contributed by atoms with Crippen molar-refractivity contribution in [2.75, 3.05) is 50.9 Å². The number of hydrogen-bond donors (Lipinski definition) is 1. The molecule has 6 aliphatic carbocycles. The van der Waals surface area contributed by atoms with Crippen molar-refractivity contribution in [3.63, 3.8) is 0 Å². The molecule has 7 rings (SSSR count). The van der Waals surface area contributed by atoms with Crippen molar-refractivity contribution in [1.82, 2.24) is 9.80 Å². The standard InChI is InChI=1S/C47H73FN2O5S/c1-32(2)35-14-21-47(31-50(33(3)51)25-9-24-49-26-28-56(54,55)29-27-49)23-22-44(7)37(40(35)47)10-11-39-43(6)17-15-36(42(4,5)38(43)16-18-45(39,44)8)34-12-19-46(30-48,20-13-34)41(52)53/h12,15,35,37-40H,1,9-11,13-14,16-31H2,2-8H3,(H,52,53)/t35-,37+,38-,39+,40+,43?,44+,45+,46+,47+/m0/s1. The maximum absolute atomic E-state index is 14.0. The van der Waals surface area contributed by atoms with Gasteiger partial charge in [0.2, 0.25) is 5.91 Å². The summed E-state index contributed by atoms with van der Waals surface area (Å²) >= 11 is 0. The van der Waals surface area contributed by atoms with Crippen LogP contribution in [0.2, 0.25) is 0 Å². The number of amides is 1. The number of carbonyl (C=O) groups excluding carboxylic acids is 1. The maximum atomic E-state index is 14.0. The van der Waals surface area contributed by atoms with E-state index in [4.69, 9.17) is 0 Å². The number of nitrogens with zero attached hydrogens (tertiary/aromatic N) is 2. The summed E-state index contributed by atoms with van der Waals surface area (Å²) in [7, 11) is -2.91. The molecule has 0 aromatic heterocycles. The third-order valence-corrected chi connectivity index (χ3v) is 20.4. The first-order valence-electron chi connectivity index (χ1n) is 22.2. The van der Waals surface area contributed by atoms with Gasteiger partial charge >= 0.3 is 5.97 Å². The highest BCUT2D eigenvalue weighted by Crippen LogP contribution is 2.77. The van der Waals surface area contributed by atoms with E-state index in [0.29, 0.717) is 55.5 Å². The van der Waals surface area contributed by atoms with Crippen LogP contribution in [0.15, 0.2) is 35.5 Å². The maximum Gasteiger partial charge on any atom is 0.312 e. The second-order valence-electron chi connectivity index (χ2n) is 21.5. The smallest absolute Gasteiger partial charge is 0.312 e. The Morgan fingerprint density at radius 3 is 2.23 bits per heavy atom. The van der Waals surface area contributed by atoms with Gasteiger partial charge < -0.3 is 14.9 Å². The molecule has 0 aromatic carbocycles. The zero-order valence-corrected chi connectivity index (χ0v) is 36.7. The van der Waals surface area contributed by atoms with Crippen molar-refractivity contribution in [2.45, 2.75) is 132 Å². The van der Waals surface area contributed by atoms with Crippen LogP contribution in [0.5, 0.6) is 0 Å². The molecular formula is C47H73FN2O5S. The van der Waals surface area contributed by atoms with Gasteiger partial charge in [0, 0.05) is 33.1 Å². The van der Waals surface area contributed by atoms with E-state index in [0.717, 1.165) is 51.7 Å². The van der Waals surface area contributed by atoms with Crippen LogP contribution in [0.4, 0.5) is 4.39 Å². The second kappa shape index (κ2) is 14.6. The van der Waals surface area contributed by atoms with E-state index in [1.54, 1.807) is 6.92 Å². The Bertz CT molecular complexity index is 1760. The zero-order valence-electron chi connectivity index (χ0n) is 35.9. The lowest BCUT2D eigenvalue weighted by Gasteiger charge is -2.72. The van der Waals surface area contributed by atoms with Gasteiger partial charge in [0.15, 0.2) is 9.84 Å². The first kappa shape index (κ1) is 42.1. The molecule has 1 saturated heterocycles.